The van der Waals surface area contributed by atoms with Gasteiger partial charge in [-0.3, -0.25) is 9.79 Å². The lowest BCUT2D eigenvalue weighted by Gasteiger charge is -2.49. The highest BCUT2D eigenvalue weighted by atomic mass is 16.7. The third-order valence-electron chi connectivity index (χ3n) is 8.11. The van der Waals surface area contributed by atoms with Crippen LogP contribution in [0.1, 0.15) is 79.1 Å². The quantitative estimate of drug-likeness (QED) is 0.129. The van der Waals surface area contributed by atoms with E-state index >= 15 is 0 Å². The van der Waals surface area contributed by atoms with Crippen LogP contribution in [0.15, 0.2) is 39.9 Å². The van der Waals surface area contributed by atoms with Gasteiger partial charge < -0.3 is 41.0 Å². The van der Waals surface area contributed by atoms with Gasteiger partial charge in [0.1, 0.15) is 12.3 Å². The van der Waals surface area contributed by atoms with Gasteiger partial charge in [-0.05, 0) is 79.3 Å². The van der Waals surface area contributed by atoms with Crippen LogP contribution in [-0.2, 0) is 19.0 Å². The molecule has 42 heavy (non-hydrogen) atoms. The smallest absolute Gasteiger partial charge is 0.244 e. The zero-order chi connectivity index (χ0) is 31.3. The number of nitrogens with one attached hydrogen (secondary N) is 1. The number of amides is 1. The van der Waals surface area contributed by atoms with Crippen LogP contribution in [0.25, 0.3) is 0 Å². The number of aliphatic hydroxyl groups excluding tert-OH is 1. The minimum Gasteiger partial charge on any atom is -0.391 e. The molecule has 2 aliphatic rings. The fourth-order valence-electron chi connectivity index (χ4n) is 5.60. The molecule has 240 valence electrons. The van der Waals surface area contributed by atoms with Gasteiger partial charge in [0.2, 0.25) is 5.91 Å². The lowest BCUT2D eigenvalue weighted by molar-refractivity contribution is -0.273. The number of ether oxygens (including phenoxy) is 3. The van der Waals surface area contributed by atoms with Gasteiger partial charge in [-0.2, -0.15) is 0 Å². The predicted octanol–water partition coefficient (Wildman–Crippen LogP) is 3.20. The molecule has 1 heterocycles. The number of aliphatic hydroxyl groups is 1. The van der Waals surface area contributed by atoms with E-state index in [0.29, 0.717) is 6.54 Å². The molecule has 2 rings (SSSR count). The molecular weight excluding hydrogens is 534 g/mol. The Morgan fingerprint density at radius 1 is 1.14 bits per heavy atom. The van der Waals surface area contributed by atoms with Gasteiger partial charge in [0.05, 0.1) is 30.4 Å². The monoisotopic (exact) mass is 591 g/mol. The molecule has 10 heteroatoms. The van der Waals surface area contributed by atoms with E-state index in [2.05, 4.69) is 50.2 Å². The predicted molar refractivity (Wildman–Crippen MR) is 169 cm³/mol. The van der Waals surface area contributed by atoms with E-state index in [4.69, 9.17) is 25.7 Å². The second-order valence-electron chi connectivity index (χ2n) is 12.3. The molecule has 1 amide bonds. The van der Waals surface area contributed by atoms with Crippen molar-refractivity contribution >= 4 is 12.1 Å². The fourth-order valence-corrected chi connectivity index (χ4v) is 5.60. The molecule has 5 unspecified atom stereocenters. The van der Waals surface area contributed by atoms with Crippen LogP contribution in [0.4, 0.5) is 0 Å². The third-order valence-corrected chi connectivity index (χ3v) is 8.11. The number of carbonyl (C=O) groups is 1. The molecule has 1 aliphatic heterocycles. The van der Waals surface area contributed by atoms with Crippen LogP contribution in [0.3, 0.4) is 0 Å². The Balaban J connectivity index is 1.88. The van der Waals surface area contributed by atoms with Crippen LogP contribution in [0, 0.1) is 0 Å². The molecule has 0 radical (unpaired) electrons. The van der Waals surface area contributed by atoms with Crippen LogP contribution >= 0.6 is 0 Å². The van der Waals surface area contributed by atoms with Gasteiger partial charge in [-0.15, -0.1) is 0 Å². The molecule has 6 N–H and O–H groups in total. The standard InChI is InChI=1S/C32H57N5O5/c1-22(2)10-8-11-23(3)12-9-13-24(4)16-17-36-21-29(39)37(6)30-27(38)18-32(34,19-28(30)40-7)42-31-26(33)15-14-25(41-31)20-35-5/h10,12,16-17,25-28,30-31,35,38H,8-9,11,13-15,18-21,33-34H2,1-7H3/b23-12+,24-16+,36-17+/t25?,26?,27?,28-,30?,31+,32?/m0/s1. The van der Waals surface area contributed by atoms with Gasteiger partial charge >= 0.3 is 0 Å². The number of methoxy groups -OCH3 is 1. The number of hydrogen-bond acceptors (Lipinski definition) is 9. The highest BCUT2D eigenvalue weighted by molar-refractivity contribution is 5.81. The van der Waals surface area contributed by atoms with Crippen molar-refractivity contribution in [3.05, 3.63) is 34.9 Å². The zero-order valence-electron chi connectivity index (χ0n) is 27.0. The largest absolute Gasteiger partial charge is 0.391 e. The van der Waals surface area contributed by atoms with Gasteiger partial charge in [-0.1, -0.05) is 28.9 Å². The lowest BCUT2D eigenvalue weighted by atomic mass is 9.82. The van der Waals surface area contributed by atoms with Gasteiger partial charge in [0.25, 0.3) is 0 Å². The van der Waals surface area contributed by atoms with Gasteiger partial charge in [0.15, 0.2) is 6.29 Å². The average molecular weight is 592 g/mol. The van der Waals surface area contributed by atoms with E-state index in [1.165, 1.54) is 21.6 Å². The number of carbonyl (C=O) groups excluding carboxylic acids is 1. The summed E-state index contributed by atoms with van der Waals surface area (Å²) < 4.78 is 17.9. The highest BCUT2D eigenvalue weighted by Crippen LogP contribution is 2.35. The normalized spacial score (nSPS) is 30.9. The van der Waals surface area contributed by atoms with Crippen molar-refractivity contribution in [3.8, 4) is 0 Å². The number of rotatable bonds is 15. The Labute approximate surface area is 253 Å². The summed E-state index contributed by atoms with van der Waals surface area (Å²) in [6.45, 7) is 9.17. The van der Waals surface area contributed by atoms with Crippen molar-refractivity contribution in [3.63, 3.8) is 0 Å². The Hall–Kier alpha value is -1.92. The maximum atomic E-state index is 13.0. The highest BCUT2D eigenvalue weighted by Gasteiger charge is 2.49. The van der Waals surface area contributed by atoms with E-state index in [9.17, 15) is 9.90 Å². The molecule has 0 spiro atoms. The summed E-state index contributed by atoms with van der Waals surface area (Å²) in [5.41, 5.74) is 15.7. The third kappa shape index (κ3) is 12.0. The minimum absolute atomic E-state index is 0.0190. The van der Waals surface area contributed by atoms with Gasteiger partial charge in [0, 0.05) is 39.8 Å². The first-order chi connectivity index (χ1) is 19.9. The van der Waals surface area contributed by atoms with E-state index in [-0.39, 0.29) is 37.4 Å². The Morgan fingerprint density at radius 2 is 1.83 bits per heavy atom. The van der Waals surface area contributed by atoms with Crippen molar-refractivity contribution < 1.29 is 24.1 Å². The summed E-state index contributed by atoms with van der Waals surface area (Å²) in [6.07, 6.45) is 12.1. The number of nitrogens with zero attached hydrogens (tertiary/aromatic N) is 2. The second-order valence-corrected chi connectivity index (χ2v) is 12.3. The van der Waals surface area contributed by atoms with Crippen LogP contribution in [0.2, 0.25) is 0 Å². The second kappa shape index (κ2) is 18.0. The molecule has 0 bridgehead atoms. The zero-order valence-corrected chi connectivity index (χ0v) is 27.0. The summed E-state index contributed by atoms with van der Waals surface area (Å²) in [7, 11) is 5.08. The first-order valence-corrected chi connectivity index (χ1v) is 15.3. The lowest BCUT2D eigenvalue weighted by Crippen LogP contribution is -2.65. The molecule has 1 aliphatic carbocycles. The number of aliphatic imine (C=N–C) groups is 1. The van der Waals surface area contributed by atoms with E-state index in [0.717, 1.165) is 38.5 Å². The molecular formula is C32H57N5O5. The maximum absolute atomic E-state index is 13.0. The molecule has 0 aromatic heterocycles. The molecule has 0 aromatic rings. The minimum atomic E-state index is -1.20. The molecule has 10 nitrogen and oxygen atoms in total. The first kappa shape index (κ1) is 36.3. The summed E-state index contributed by atoms with van der Waals surface area (Å²) >= 11 is 0. The van der Waals surface area contributed by atoms with Crippen LogP contribution < -0.4 is 16.8 Å². The van der Waals surface area contributed by atoms with Crippen molar-refractivity contribution in [2.24, 2.45) is 16.5 Å². The topological polar surface area (TPSA) is 145 Å². The maximum Gasteiger partial charge on any atom is 0.244 e. The van der Waals surface area contributed by atoms with Crippen LogP contribution in [0.5, 0.6) is 0 Å². The number of nitrogens with two attached hydrogens (primary N) is 2. The summed E-state index contributed by atoms with van der Waals surface area (Å²) in [6, 6.07) is -0.896. The van der Waals surface area contributed by atoms with Gasteiger partial charge in [-0.25, -0.2) is 0 Å². The van der Waals surface area contributed by atoms with E-state index in [1.807, 2.05) is 13.1 Å². The van der Waals surface area contributed by atoms with Crippen molar-refractivity contribution in [1.82, 2.24) is 10.2 Å². The Bertz CT molecular complexity index is 963. The first-order valence-electron chi connectivity index (χ1n) is 15.3. The van der Waals surface area contributed by atoms with Crippen molar-refractivity contribution in [2.75, 3.05) is 34.3 Å². The summed E-state index contributed by atoms with van der Waals surface area (Å²) in [5, 5.41) is 14.2. The van der Waals surface area contributed by atoms with Crippen LogP contribution in [-0.4, -0.2) is 98.8 Å². The summed E-state index contributed by atoms with van der Waals surface area (Å²) in [5.74, 6) is -0.212. The van der Waals surface area contributed by atoms with E-state index < -0.39 is 30.3 Å². The molecule has 1 saturated carbocycles. The number of likely N-dealkylation sites (N-methyl/N-ethyl adjacent to an activating group) is 2. The average Bonchev–Trinajstić information content (AvgIpc) is 2.92. The van der Waals surface area contributed by atoms with Crippen molar-refractivity contribution in [2.45, 2.75) is 121 Å². The number of hydrogen-bond donors (Lipinski definition) is 4. The van der Waals surface area contributed by atoms with Crippen molar-refractivity contribution in [1.29, 1.82) is 0 Å². The number of allylic oxidation sites excluding steroid dienone is 6. The molecule has 0 aromatic carbocycles. The SMILES string of the molecule is CNCC1CCC(N)[C@@H](OC2(N)CC(O)C(N(C)C(=O)C/N=C/C=C(\C)CC/C=C(\C)CCC=C(C)C)[C@@H](OC)C2)O1. The molecule has 7 atom stereocenters. The Morgan fingerprint density at radius 3 is 2.50 bits per heavy atom. The Kier molecular flexibility index (Phi) is 15.6. The molecule has 2 fully saturated rings. The fraction of sp³-hybridized carbons (Fsp3) is 0.750. The molecule has 1 saturated heterocycles. The van der Waals surface area contributed by atoms with E-state index in [1.54, 1.807) is 20.4 Å². The summed E-state index contributed by atoms with van der Waals surface area (Å²) in [4.78, 5) is 18.8.